The zero-order chi connectivity index (χ0) is 28.5. The number of carbonyl (C=O) groups excluding carboxylic acids is 2. The third-order valence-corrected chi connectivity index (χ3v) is 6.88. The molecule has 3 aromatic carbocycles. The third kappa shape index (κ3) is 7.26. The molecule has 0 saturated carbocycles. The lowest BCUT2D eigenvalue weighted by Crippen LogP contribution is -2.22. The minimum Gasteiger partial charge on any atom is -0.462 e. The Labute approximate surface area is 235 Å². The second-order valence-corrected chi connectivity index (χ2v) is 10.3. The minimum atomic E-state index is -0.294. The van der Waals surface area contributed by atoms with E-state index in [1.807, 2.05) is 74.5 Å². The van der Waals surface area contributed by atoms with E-state index in [1.54, 1.807) is 12.1 Å². The molecule has 1 aromatic heterocycles. The van der Waals surface area contributed by atoms with Crippen molar-refractivity contribution >= 4 is 17.6 Å². The van der Waals surface area contributed by atoms with E-state index < -0.39 is 0 Å². The molecule has 0 bridgehead atoms. The number of H-pyrrole nitrogens is 1. The quantitative estimate of drug-likeness (QED) is 0.230. The first-order valence-electron chi connectivity index (χ1n) is 14.0. The average molecular weight is 541 g/mol. The summed E-state index contributed by atoms with van der Waals surface area (Å²) >= 11 is 0. The Bertz CT molecular complexity index is 1390. The normalized spacial score (nSPS) is 14.7. The lowest BCUT2D eigenvalue weighted by atomic mass is 9.94. The maximum absolute atomic E-state index is 13.5. The van der Waals surface area contributed by atoms with Crippen molar-refractivity contribution in [1.29, 1.82) is 0 Å². The van der Waals surface area contributed by atoms with Gasteiger partial charge >= 0.3 is 5.97 Å². The molecule has 1 aliphatic heterocycles. The van der Waals surface area contributed by atoms with Gasteiger partial charge < -0.3 is 15.0 Å². The minimum absolute atomic E-state index is 0.00954. The molecule has 40 heavy (non-hydrogen) atoms. The molecule has 1 fully saturated rings. The number of anilines is 1. The number of rotatable bonds is 7. The van der Waals surface area contributed by atoms with Crippen LogP contribution < -0.4 is 5.32 Å². The first kappa shape index (κ1) is 28.8. The third-order valence-electron chi connectivity index (χ3n) is 6.88. The number of para-hydroxylation sites is 1. The summed E-state index contributed by atoms with van der Waals surface area (Å²) < 4.78 is 18.6. The van der Waals surface area contributed by atoms with Crippen molar-refractivity contribution in [2.24, 2.45) is 0 Å². The molecule has 1 saturated heterocycles. The summed E-state index contributed by atoms with van der Waals surface area (Å²) in [5, 5.41) is 3.02. The zero-order valence-electron chi connectivity index (χ0n) is 23.4. The molecule has 1 aliphatic rings. The maximum atomic E-state index is 13.5. The summed E-state index contributed by atoms with van der Waals surface area (Å²) in [6.45, 7) is 6.21. The summed E-state index contributed by atoms with van der Waals surface area (Å²) in [5.74, 6) is -0.381. The molecule has 1 atom stereocenters. The van der Waals surface area contributed by atoms with Gasteiger partial charge in [-0.1, -0.05) is 75.7 Å². The number of aromatic amines is 1. The van der Waals surface area contributed by atoms with Crippen LogP contribution in [0.5, 0.6) is 0 Å². The summed E-state index contributed by atoms with van der Waals surface area (Å²) in [5.41, 5.74) is 5.58. The molecular formula is C34H37FN2O3. The number of carbonyl (C=O) groups is 2. The van der Waals surface area contributed by atoms with Crippen LogP contribution in [0.3, 0.4) is 0 Å². The summed E-state index contributed by atoms with van der Waals surface area (Å²) in [6, 6.07) is 25.6. The van der Waals surface area contributed by atoms with Crippen LogP contribution in [-0.4, -0.2) is 23.0 Å². The fourth-order valence-electron chi connectivity index (χ4n) is 4.93. The van der Waals surface area contributed by atoms with E-state index in [9.17, 15) is 14.0 Å². The largest absolute Gasteiger partial charge is 0.462 e. The van der Waals surface area contributed by atoms with Crippen molar-refractivity contribution in [3.8, 4) is 22.4 Å². The van der Waals surface area contributed by atoms with Crippen molar-refractivity contribution in [3.05, 3.63) is 102 Å². The lowest BCUT2D eigenvalue weighted by Gasteiger charge is -2.21. The Balaban J connectivity index is 0.000000312. The van der Waals surface area contributed by atoms with Crippen LogP contribution in [0.4, 0.5) is 10.1 Å². The number of halogens is 1. The molecule has 0 aliphatic carbocycles. The fraction of sp³-hybridized carbons (Fsp3) is 0.294. The number of hydrogen-bond donors (Lipinski definition) is 2. The number of aromatic nitrogens is 1. The average Bonchev–Trinajstić information content (AvgIpc) is 3.36. The molecular weight excluding hydrogens is 503 g/mol. The number of esters is 1. The van der Waals surface area contributed by atoms with Gasteiger partial charge in [-0.05, 0) is 72.7 Å². The van der Waals surface area contributed by atoms with Crippen LogP contribution in [0.1, 0.15) is 74.8 Å². The van der Waals surface area contributed by atoms with Crippen LogP contribution in [0.2, 0.25) is 0 Å². The molecule has 1 amide bonds. The van der Waals surface area contributed by atoms with Crippen molar-refractivity contribution < 1.29 is 18.7 Å². The number of cyclic esters (lactones) is 1. The Kier molecular flexibility index (Phi) is 9.90. The van der Waals surface area contributed by atoms with Crippen LogP contribution in [0.15, 0.2) is 84.9 Å². The highest BCUT2D eigenvalue weighted by Crippen LogP contribution is 2.39. The lowest BCUT2D eigenvalue weighted by molar-refractivity contribution is -0.153. The van der Waals surface area contributed by atoms with E-state index in [1.165, 1.54) is 12.1 Å². The van der Waals surface area contributed by atoms with Gasteiger partial charge in [0.15, 0.2) is 0 Å². The molecule has 5 rings (SSSR count). The molecule has 2 N–H and O–H groups in total. The number of ether oxygens (including phenoxy) is 1. The zero-order valence-corrected chi connectivity index (χ0v) is 23.4. The van der Waals surface area contributed by atoms with Gasteiger partial charge in [-0.3, -0.25) is 9.59 Å². The van der Waals surface area contributed by atoms with Crippen LogP contribution in [0, 0.1) is 5.82 Å². The van der Waals surface area contributed by atoms with Crippen molar-refractivity contribution in [3.63, 3.8) is 0 Å². The number of amides is 1. The van der Waals surface area contributed by atoms with Gasteiger partial charge in [0.05, 0.1) is 11.3 Å². The van der Waals surface area contributed by atoms with Gasteiger partial charge in [0.2, 0.25) is 0 Å². The first-order chi connectivity index (χ1) is 19.4. The van der Waals surface area contributed by atoms with Crippen molar-refractivity contribution in [1.82, 2.24) is 4.98 Å². The predicted octanol–water partition coefficient (Wildman–Crippen LogP) is 8.75. The van der Waals surface area contributed by atoms with Crippen molar-refractivity contribution in [2.45, 2.75) is 64.9 Å². The monoisotopic (exact) mass is 540 g/mol. The second kappa shape index (κ2) is 13.7. The van der Waals surface area contributed by atoms with Crippen LogP contribution in [0.25, 0.3) is 22.4 Å². The van der Waals surface area contributed by atoms with Gasteiger partial charge in [0, 0.05) is 23.4 Å². The molecule has 5 nitrogen and oxygen atoms in total. The van der Waals surface area contributed by atoms with Gasteiger partial charge in [0.25, 0.3) is 5.91 Å². The van der Waals surface area contributed by atoms with Gasteiger partial charge in [-0.2, -0.15) is 0 Å². The van der Waals surface area contributed by atoms with E-state index in [0.717, 1.165) is 59.4 Å². The first-order valence-corrected chi connectivity index (χ1v) is 14.0. The standard InChI is InChI=1S/C26H23FN2O.C8H14O2/c1-17(2)24-23(26(30)28-21-11-7-4-8-12-21)22(18-9-5-3-6-10-18)25(29-24)19-13-15-20(27)16-14-19;1-2-4-7-5-3-6-8(9)10-7/h3-17,29H,1-2H3,(H,28,30);7H,2-6H2,1H3. The van der Waals surface area contributed by atoms with E-state index >= 15 is 0 Å². The molecule has 208 valence electrons. The predicted molar refractivity (Wildman–Crippen MR) is 159 cm³/mol. The molecule has 6 heteroatoms. The Morgan fingerprint density at radius 1 is 0.975 bits per heavy atom. The highest BCUT2D eigenvalue weighted by atomic mass is 19.1. The second-order valence-electron chi connectivity index (χ2n) is 10.3. The number of nitrogens with one attached hydrogen (secondary N) is 2. The molecule has 4 aromatic rings. The topological polar surface area (TPSA) is 71.2 Å². The smallest absolute Gasteiger partial charge is 0.306 e. The molecule has 0 spiro atoms. The van der Waals surface area contributed by atoms with Gasteiger partial charge in [-0.15, -0.1) is 0 Å². The summed E-state index contributed by atoms with van der Waals surface area (Å²) in [6.07, 6.45) is 5.08. The molecule has 1 unspecified atom stereocenters. The Hall–Kier alpha value is -4.19. The number of hydrogen-bond acceptors (Lipinski definition) is 3. The van der Waals surface area contributed by atoms with E-state index in [-0.39, 0.29) is 29.7 Å². The fourth-order valence-corrected chi connectivity index (χ4v) is 4.93. The Morgan fingerprint density at radius 2 is 1.62 bits per heavy atom. The van der Waals surface area contributed by atoms with Gasteiger partial charge in [-0.25, -0.2) is 4.39 Å². The van der Waals surface area contributed by atoms with Gasteiger partial charge in [0.1, 0.15) is 11.9 Å². The molecule has 2 heterocycles. The van der Waals surface area contributed by atoms with Crippen LogP contribution in [-0.2, 0) is 9.53 Å². The summed E-state index contributed by atoms with van der Waals surface area (Å²) in [4.78, 5) is 27.6. The Morgan fingerprint density at radius 3 is 2.23 bits per heavy atom. The van der Waals surface area contributed by atoms with Crippen molar-refractivity contribution in [2.75, 3.05) is 5.32 Å². The SMILES string of the molecule is CC(C)c1[nH]c(-c2ccc(F)cc2)c(-c2ccccc2)c1C(=O)Nc1ccccc1.CCCC1CCCC(=O)O1. The maximum Gasteiger partial charge on any atom is 0.306 e. The summed E-state index contributed by atoms with van der Waals surface area (Å²) in [7, 11) is 0. The molecule has 0 radical (unpaired) electrons. The number of benzene rings is 3. The highest BCUT2D eigenvalue weighted by Gasteiger charge is 2.26. The van der Waals surface area contributed by atoms with E-state index in [2.05, 4.69) is 17.2 Å². The van der Waals surface area contributed by atoms with Crippen LogP contribution >= 0.6 is 0 Å². The van der Waals surface area contributed by atoms with E-state index in [4.69, 9.17) is 4.74 Å². The van der Waals surface area contributed by atoms with E-state index in [0.29, 0.717) is 12.0 Å². The highest BCUT2D eigenvalue weighted by molar-refractivity contribution is 6.12.